The third-order valence-electron chi connectivity index (χ3n) is 3.22. The van der Waals surface area contributed by atoms with Gasteiger partial charge in [-0.3, -0.25) is 4.79 Å². The summed E-state index contributed by atoms with van der Waals surface area (Å²) in [6, 6.07) is 15.6. The number of hydrogen-bond acceptors (Lipinski definition) is 3. The number of benzene rings is 2. The predicted octanol–water partition coefficient (Wildman–Crippen LogP) is 4.45. The molecular weight excluding hydrogens is 266 g/mol. The average molecular weight is 281 g/mol. The zero-order chi connectivity index (χ0) is 14.5. The van der Waals surface area contributed by atoms with Gasteiger partial charge < -0.3 is 0 Å². The zero-order valence-electron chi connectivity index (χ0n) is 11.5. The maximum absolute atomic E-state index is 12.0. The highest BCUT2D eigenvalue weighted by atomic mass is 32.1. The minimum atomic E-state index is -0.235. The Labute approximate surface area is 124 Å². The van der Waals surface area contributed by atoms with Crippen molar-refractivity contribution in [3.05, 3.63) is 65.2 Å². The fraction of sp³-hybridized carbons (Fsp3) is 0.176. The molecule has 0 aliphatic rings. The molecule has 2 rings (SSSR count). The van der Waals surface area contributed by atoms with Crippen LogP contribution >= 0.6 is 12.2 Å². The lowest BCUT2D eigenvalue weighted by atomic mass is 9.88. The smallest absolute Gasteiger partial charge is 0.141 e. The first-order chi connectivity index (χ1) is 9.61. The molecule has 20 heavy (non-hydrogen) atoms. The van der Waals surface area contributed by atoms with Gasteiger partial charge in [0, 0.05) is 0 Å². The minimum absolute atomic E-state index is 0.125. The van der Waals surface area contributed by atoms with E-state index in [2.05, 4.69) is 22.4 Å². The number of thiocarbonyl (C=S) groups is 1. The second kappa shape index (κ2) is 6.38. The van der Waals surface area contributed by atoms with E-state index in [0.717, 1.165) is 16.8 Å². The molecule has 0 aromatic heterocycles. The van der Waals surface area contributed by atoms with Crippen LogP contribution in [-0.2, 0) is 4.79 Å². The average Bonchev–Trinajstić information content (AvgIpc) is 2.43. The number of isothiocyanates is 1. The van der Waals surface area contributed by atoms with Crippen LogP contribution in [0.25, 0.3) is 0 Å². The summed E-state index contributed by atoms with van der Waals surface area (Å²) in [5.41, 5.74) is 3.90. The van der Waals surface area contributed by atoms with Crippen molar-refractivity contribution in [2.24, 2.45) is 4.99 Å². The van der Waals surface area contributed by atoms with Crippen molar-refractivity contribution in [2.45, 2.75) is 19.8 Å². The number of carbonyl (C=O) groups excluding carboxylic acids is 1. The normalized spacial score (nSPS) is 11.5. The van der Waals surface area contributed by atoms with Crippen LogP contribution in [0.2, 0.25) is 0 Å². The Hall–Kier alpha value is -2.09. The van der Waals surface area contributed by atoms with Gasteiger partial charge in [0.05, 0.1) is 16.8 Å². The number of aliphatic imine (C=N–C) groups is 1. The number of rotatable bonds is 4. The van der Waals surface area contributed by atoms with Crippen LogP contribution in [0, 0.1) is 6.92 Å². The summed E-state index contributed by atoms with van der Waals surface area (Å²) in [7, 11) is 0. The second-order valence-electron chi connectivity index (χ2n) is 4.75. The molecular formula is C17H15NOS. The molecule has 0 amide bonds. The first kappa shape index (κ1) is 14.3. The Kier molecular flexibility index (Phi) is 4.57. The quantitative estimate of drug-likeness (QED) is 0.612. The highest BCUT2D eigenvalue weighted by Gasteiger charge is 2.18. The van der Waals surface area contributed by atoms with E-state index < -0.39 is 0 Å². The van der Waals surface area contributed by atoms with E-state index in [1.54, 1.807) is 6.92 Å². The van der Waals surface area contributed by atoms with Crippen molar-refractivity contribution in [1.82, 2.24) is 0 Å². The molecule has 100 valence electrons. The molecule has 0 aliphatic heterocycles. The van der Waals surface area contributed by atoms with E-state index in [1.807, 2.05) is 55.5 Å². The summed E-state index contributed by atoms with van der Waals surface area (Å²) in [6.45, 7) is 3.65. The first-order valence-electron chi connectivity index (χ1n) is 6.36. The molecule has 0 bridgehead atoms. The topological polar surface area (TPSA) is 29.4 Å². The van der Waals surface area contributed by atoms with Crippen LogP contribution in [0.1, 0.15) is 29.5 Å². The Morgan fingerprint density at radius 1 is 1.05 bits per heavy atom. The van der Waals surface area contributed by atoms with Gasteiger partial charge >= 0.3 is 0 Å². The molecule has 0 saturated carbocycles. The minimum Gasteiger partial charge on any atom is -0.299 e. The number of aryl methyl sites for hydroxylation is 1. The lowest BCUT2D eigenvalue weighted by Crippen LogP contribution is -2.10. The highest BCUT2D eigenvalue weighted by Crippen LogP contribution is 2.27. The Morgan fingerprint density at radius 3 is 2.00 bits per heavy atom. The van der Waals surface area contributed by atoms with Crippen molar-refractivity contribution in [3.63, 3.8) is 0 Å². The number of hydrogen-bond donors (Lipinski definition) is 0. The second-order valence-corrected chi connectivity index (χ2v) is 4.93. The molecule has 0 aliphatic carbocycles. The monoisotopic (exact) mass is 281 g/mol. The Bertz CT molecular complexity index is 652. The van der Waals surface area contributed by atoms with Gasteiger partial charge in [-0.25, -0.2) is 0 Å². The van der Waals surface area contributed by atoms with Gasteiger partial charge in [-0.2, -0.15) is 4.99 Å². The zero-order valence-corrected chi connectivity index (χ0v) is 12.3. The SMILES string of the molecule is CC(=O)C(c1ccc(C)cc1)c1ccc(N=C=S)cc1. The van der Waals surface area contributed by atoms with Crippen molar-refractivity contribution >= 4 is 28.8 Å². The lowest BCUT2D eigenvalue weighted by Gasteiger charge is -2.15. The van der Waals surface area contributed by atoms with Gasteiger partial charge in [-0.15, -0.1) is 0 Å². The van der Waals surface area contributed by atoms with Gasteiger partial charge in [-0.1, -0.05) is 42.0 Å². The van der Waals surface area contributed by atoms with Crippen LogP contribution in [0.15, 0.2) is 53.5 Å². The van der Waals surface area contributed by atoms with Gasteiger partial charge in [0.25, 0.3) is 0 Å². The number of ketones is 1. The van der Waals surface area contributed by atoms with E-state index in [4.69, 9.17) is 0 Å². The van der Waals surface area contributed by atoms with Crippen LogP contribution in [0.5, 0.6) is 0 Å². The maximum Gasteiger partial charge on any atom is 0.141 e. The van der Waals surface area contributed by atoms with E-state index in [9.17, 15) is 4.79 Å². The molecule has 2 aromatic rings. The Morgan fingerprint density at radius 2 is 1.55 bits per heavy atom. The van der Waals surface area contributed by atoms with E-state index in [-0.39, 0.29) is 11.7 Å². The number of carbonyl (C=O) groups is 1. The molecule has 0 spiro atoms. The molecule has 0 fully saturated rings. The fourth-order valence-corrected chi connectivity index (χ4v) is 2.32. The third-order valence-corrected chi connectivity index (χ3v) is 3.31. The van der Waals surface area contributed by atoms with Crippen molar-refractivity contribution in [3.8, 4) is 0 Å². The van der Waals surface area contributed by atoms with Crippen LogP contribution in [-0.4, -0.2) is 10.9 Å². The van der Waals surface area contributed by atoms with E-state index >= 15 is 0 Å². The lowest BCUT2D eigenvalue weighted by molar-refractivity contribution is -0.117. The van der Waals surface area contributed by atoms with Gasteiger partial charge in [0.15, 0.2) is 0 Å². The molecule has 0 saturated heterocycles. The van der Waals surface area contributed by atoms with Crippen molar-refractivity contribution in [2.75, 3.05) is 0 Å². The summed E-state index contributed by atoms with van der Waals surface area (Å²) in [5.74, 6) is -0.110. The van der Waals surface area contributed by atoms with E-state index in [1.165, 1.54) is 5.56 Å². The Balaban J connectivity index is 2.40. The van der Waals surface area contributed by atoms with Crippen LogP contribution in [0.4, 0.5) is 5.69 Å². The van der Waals surface area contributed by atoms with Gasteiger partial charge in [0.2, 0.25) is 0 Å². The fourth-order valence-electron chi connectivity index (χ4n) is 2.21. The van der Waals surface area contributed by atoms with Crippen molar-refractivity contribution in [1.29, 1.82) is 0 Å². The van der Waals surface area contributed by atoms with Gasteiger partial charge in [-0.05, 0) is 49.3 Å². The summed E-state index contributed by atoms with van der Waals surface area (Å²) < 4.78 is 0. The molecule has 1 atom stereocenters. The number of Topliss-reactive ketones (excluding diaryl/α,β-unsaturated/α-hetero) is 1. The van der Waals surface area contributed by atoms with Crippen LogP contribution < -0.4 is 0 Å². The van der Waals surface area contributed by atoms with Crippen molar-refractivity contribution < 1.29 is 4.79 Å². The highest BCUT2D eigenvalue weighted by molar-refractivity contribution is 7.78. The molecule has 0 N–H and O–H groups in total. The summed E-state index contributed by atoms with van der Waals surface area (Å²) in [5, 5.41) is 2.33. The standard InChI is InChI=1S/C17H15NOS/c1-12-3-5-14(6-4-12)17(13(2)19)15-7-9-16(10-8-15)18-11-20/h3-10,17H,1-2H3. The molecule has 2 aromatic carbocycles. The molecule has 0 heterocycles. The van der Waals surface area contributed by atoms with Gasteiger partial charge in [0.1, 0.15) is 5.78 Å². The summed E-state index contributed by atoms with van der Waals surface area (Å²) in [4.78, 5) is 15.9. The molecule has 2 nitrogen and oxygen atoms in total. The van der Waals surface area contributed by atoms with Crippen LogP contribution in [0.3, 0.4) is 0 Å². The summed E-state index contributed by atoms with van der Waals surface area (Å²) in [6.07, 6.45) is 0. The number of nitrogens with zero attached hydrogens (tertiary/aromatic N) is 1. The largest absolute Gasteiger partial charge is 0.299 e. The first-order valence-corrected chi connectivity index (χ1v) is 6.77. The molecule has 3 heteroatoms. The maximum atomic E-state index is 12.0. The molecule has 1 unspecified atom stereocenters. The molecule has 0 radical (unpaired) electrons. The predicted molar refractivity (Wildman–Crippen MR) is 84.8 cm³/mol. The third kappa shape index (κ3) is 3.27. The summed E-state index contributed by atoms with van der Waals surface area (Å²) >= 11 is 4.58. The van der Waals surface area contributed by atoms with E-state index in [0.29, 0.717) is 0 Å².